The molecule has 1 rings (SSSR count). The van der Waals surface area contributed by atoms with Crippen LogP contribution in [-0.4, -0.2) is 95.4 Å². The van der Waals surface area contributed by atoms with Gasteiger partial charge in [0.2, 0.25) is 5.91 Å². The maximum Gasteiger partial charge on any atom is 0.397 e. The number of hydrogen-bond acceptors (Lipinski definition) is 10. The molecular weight excluding hydrogens is 943 g/mol. The summed E-state index contributed by atoms with van der Waals surface area (Å²) in [5.74, 6) is -0.254. The number of rotatable bonds is 55. The molecule has 0 aromatic carbocycles. The lowest BCUT2D eigenvalue weighted by molar-refractivity contribution is -0.298. The highest BCUT2D eigenvalue weighted by atomic mass is 32.3. The first-order valence-electron chi connectivity index (χ1n) is 31.1. The van der Waals surface area contributed by atoms with E-state index >= 15 is 0 Å². The zero-order valence-electron chi connectivity index (χ0n) is 47.2. The van der Waals surface area contributed by atoms with Gasteiger partial charge < -0.3 is 35.2 Å². The fraction of sp³-hybridized carbons (Fsp3) is 0.950. The summed E-state index contributed by atoms with van der Waals surface area (Å²) in [6, 6.07) is -0.941. The molecule has 1 aliphatic heterocycles. The monoisotopic (exact) mass is 1060 g/mol. The van der Waals surface area contributed by atoms with Gasteiger partial charge in [-0.1, -0.05) is 296 Å². The van der Waals surface area contributed by atoms with Crippen LogP contribution >= 0.6 is 0 Å². The molecule has 1 fully saturated rings. The van der Waals surface area contributed by atoms with E-state index < -0.39 is 59.9 Å². The number of unbranched alkanes of at least 4 members (excludes halogenated alkanes) is 43. The van der Waals surface area contributed by atoms with E-state index in [-0.39, 0.29) is 18.9 Å². The summed E-state index contributed by atoms with van der Waals surface area (Å²) in [5.41, 5.74) is 0. The number of amides is 1. The van der Waals surface area contributed by atoms with E-state index in [0.29, 0.717) is 6.42 Å². The molecule has 1 amide bonds. The highest BCUT2D eigenvalue weighted by Crippen LogP contribution is 2.26. The molecule has 434 valence electrons. The van der Waals surface area contributed by atoms with Gasteiger partial charge in [-0.05, 0) is 19.3 Å². The van der Waals surface area contributed by atoms with Gasteiger partial charge in [-0.25, -0.2) is 4.18 Å². The molecule has 12 nitrogen and oxygen atoms in total. The summed E-state index contributed by atoms with van der Waals surface area (Å²) >= 11 is 0. The van der Waals surface area contributed by atoms with Crippen LogP contribution in [0.5, 0.6) is 0 Å². The zero-order chi connectivity index (χ0) is 53.3. The number of allylic oxidation sites excluding steroid dienone is 1. The molecule has 7 atom stereocenters. The molecule has 6 N–H and O–H groups in total. The number of hydrogen-bond donors (Lipinski definition) is 6. The Kier molecular flexibility index (Phi) is 48.2. The predicted molar refractivity (Wildman–Crippen MR) is 301 cm³/mol. The second-order valence-electron chi connectivity index (χ2n) is 22.0. The molecule has 73 heavy (non-hydrogen) atoms. The predicted octanol–water partition coefficient (Wildman–Crippen LogP) is 15.0. The van der Waals surface area contributed by atoms with Crippen LogP contribution in [-0.2, 0) is 28.9 Å². The Balaban J connectivity index is 2.33. The summed E-state index contributed by atoms with van der Waals surface area (Å²) in [6.07, 6.45) is 52.6. The molecule has 1 heterocycles. The van der Waals surface area contributed by atoms with Crippen molar-refractivity contribution in [3.8, 4) is 0 Å². The van der Waals surface area contributed by atoms with E-state index in [1.54, 1.807) is 6.08 Å². The van der Waals surface area contributed by atoms with E-state index in [0.717, 1.165) is 38.5 Å². The lowest BCUT2D eigenvalue weighted by atomic mass is 9.99. The minimum atomic E-state index is -5.09. The smallest absolute Gasteiger partial charge is 0.394 e. The summed E-state index contributed by atoms with van der Waals surface area (Å²) < 4.78 is 47.9. The third-order valence-corrected chi connectivity index (χ3v) is 15.5. The molecule has 0 aromatic heterocycles. The quantitative estimate of drug-likeness (QED) is 0.0193. The van der Waals surface area contributed by atoms with E-state index in [2.05, 4.69) is 23.3 Å². The summed E-state index contributed by atoms with van der Waals surface area (Å²) in [7, 11) is -5.09. The Morgan fingerprint density at radius 3 is 1.19 bits per heavy atom. The van der Waals surface area contributed by atoms with Crippen LogP contribution in [0.3, 0.4) is 0 Å². The molecule has 7 unspecified atom stereocenters. The normalized spacial score (nSPS) is 19.2. The highest BCUT2D eigenvalue weighted by Gasteiger charge is 2.48. The average Bonchev–Trinajstić information content (AvgIpc) is 3.37. The molecule has 0 radical (unpaired) electrons. The molecule has 13 heteroatoms. The Bertz CT molecular complexity index is 1340. The van der Waals surface area contributed by atoms with Crippen molar-refractivity contribution in [1.29, 1.82) is 0 Å². The van der Waals surface area contributed by atoms with Crippen molar-refractivity contribution in [2.75, 3.05) is 13.2 Å². The van der Waals surface area contributed by atoms with Crippen molar-refractivity contribution >= 4 is 16.3 Å². The summed E-state index contributed by atoms with van der Waals surface area (Å²) in [5, 5.41) is 45.1. The van der Waals surface area contributed by atoms with Crippen molar-refractivity contribution in [2.45, 2.75) is 352 Å². The largest absolute Gasteiger partial charge is 0.397 e. The first-order chi connectivity index (χ1) is 35.5. The summed E-state index contributed by atoms with van der Waals surface area (Å²) in [4.78, 5) is 13.2. The van der Waals surface area contributed by atoms with Gasteiger partial charge in [-0.15, -0.1) is 0 Å². The van der Waals surface area contributed by atoms with Crippen LogP contribution in [0.15, 0.2) is 12.2 Å². The zero-order valence-corrected chi connectivity index (χ0v) is 48.0. The summed E-state index contributed by atoms with van der Waals surface area (Å²) in [6.45, 7) is 3.45. The van der Waals surface area contributed by atoms with Crippen LogP contribution in [0, 0.1) is 0 Å². The topological polar surface area (TPSA) is 192 Å². The lowest BCUT2D eigenvalue weighted by Crippen LogP contribution is -2.61. The van der Waals surface area contributed by atoms with Crippen LogP contribution in [0.1, 0.15) is 309 Å². The van der Waals surface area contributed by atoms with Crippen molar-refractivity contribution in [3.05, 3.63) is 12.2 Å². The van der Waals surface area contributed by atoms with Gasteiger partial charge in [0.25, 0.3) is 0 Å². The minimum absolute atomic E-state index is 0.254. The van der Waals surface area contributed by atoms with Gasteiger partial charge in [0.15, 0.2) is 6.29 Å². The molecule has 0 bridgehead atoms. The van der Waals surface area contributed by atoms with Crippen LogP contribution < -0.4 is 5.32 Å². The van der Waals surface area contributed by atoms with Crippen LogP contribution in [0.2, 0.25) is 0 Å². The first-order valence-corrected chi connectivity index (χ1v) is 32.4. The van der Waals surface area contributed by atoms with E-state index in [4.69, 9.17) is 9.47 Å². The minimum Gasteiger partial charge on any atom is -0.394 e. The molecular formula is C60H117NO11S. The maximum absolute atomic E-state index is 13.2. The van der Waals surface area contributed by atoms with Crippen molar-refractivity contribution in [3.63, 3.8) is 0 Å². The molecule has 0 aliphatic carbocycles. The third-order valence-electron chi connectivity index (χ3n) is 15.1. The number of carbonyl (C=O) groups is 1. The highest BCUT2D eigenvalue weighted by molar-refractivity contribution is 7.80. The van der Waals surface area contributed by atoms with Crippen LogP contribution in [0.4, 0.5) is 0 Å². The SMILES string of the molecule is CCCCCCCCCCCCCCCCCCCCCCCC/C=C/C(O)C(COC1OC(CO)C(O)C(OS(=O)(=O)O)C1O)NC(=O)CCCCCCCCCCCCCCCCCCCCCCCC. The van der Waals surface area contributed by atoms with Gasteiger partial charge in [-0.2, -0.15) is 8.42 Å². The fourth-order valence-corrected chi connectivity index (χ4v) is 10.8. The first kappa shape index (κ1) is 69.9. The Labute approximate surface area is 449 Å². The Morgan fingerprint density at radius 1 is 0.534 bits per heavy atom. The lowest BCUT2D eigenvalue weighted by Gasteiger charge is -2.41. The van der Waals surface area contributed by atoms with Crippen LogP contribution in [0.25, 0.3) is 0 Å². The molecule has 0 aromatic rings. The van der Waals surface area contributed by atoms with Gasteiger partial charge in [0.1, 0.15) is 24.4 Å². The standard InChI is InChI=1S/C60H117NO11S/c1-3-5-7-9-11-13-15-17-19-21-23-25-27-28-29-31-33-35-37-39-41-43-45-47-49-54(63)53(52-70-60-58(66)59(72-73(67,68)69)57(65)55(51-62)71-60)61-56(64)50-48-46-44-42-40-38-36-34-32-30-26-24-22-20-18-16-14-12-10-8-6-4-2/h47,49,53-55,57-60,62-63,65-66H,3-46,48,50-52H2,1-2H3,(H,61,64)(H,67,68,69)/b49-47+. The second kappa shape index (κ2) is 50.4. The van der Waals surface area contributed by atoms with E-state index in [9.17, 15) is 38.2 Å². The van der Waals surface area contributed by atoms with Crippen molar-refractivity contribution in [2.24, 2.45) is 0 Å². The van der Waals surface area contributed by atoms with Crippen molar-refractivity contribution in [1.82, 2.24) is 5.32 Å². The third kappa shape index (κ3) is 42.5. The maximum atomic E-state index is 13.2. The number of ether oxygens (including phenoxy) is 2. The van der Waals surface area contributed by atoms with Gasteiger partial charge in [0.05, 0.1) is 25.4 Å². The fourth-order valence-electron chi connectivity index (χ4n) is 10.3. The Morgan fingerprint density at radius 2 is 0.863 bits per heavy atom. The molecule has 0 spiro atoms. The number of carbonyl (C=O) groups excluding carboxylic acids is 1. The number of aliphatic hydroxyl groups is 4. The second-order valence-corrected chi connectivity index (χ2v) is 23.1. The number of aliphatic hydroxyl groups excluding tert-OH is 4. The molecule has 1 saturated heterocycles. The van der Waals surface area contributed by atoms with E-state index in [1.165, 1.54) is 244 Å². The van der Waals surface area contributed by atoms with Gasteiger partial charge in [0, 0.05) is 6.42 Å². The Hall–Kier alpha value is -1.16. The van der Waals surface area contributed by atoms with Crippen molar-refractivity contribution < 1.29 is 51.8 Å². The molecule has 0 saturated carbocycles. The number of nitrogens with one attached hydrogen (secondary N) is 1. The average molecular weight is 1060 g/mol. The van der Waals surface area contributed by atoms with Gasteiger partial charge in [-0.3, -0.25) is 9.35 Å². The van der Waals surface area contributed by atoms with E-state index in [1.807, 2.05) is 6.08 Å². The molecule has 1 aliphatic rings. The van der Waals surface area contributed by atoms with Gasteiger partial charge >= 0.3 is 10.4 Å².